The number of nitrogens with one attached hydrogen (secondary N) is 3. The molecule has 0 radical (unpaired) electrons. The number of ether oxygens (including phenoxy) is 1. The molecule has 14 nitrogen and oxygen atoms in total. The van der Waals surface area contributed by atoms with E-state index in [1.165, 1.54) is 17.4 Å². The second-order valence-corrected chi connectivity index (χ2v) is 15.7. The molecule has 0 unspecified atom stereocenters. The molecule has 1 aliphatic heterocycles. The third-order valence-corrected chi connectivity index (χ3v) is 11.1. The van der Waals surface area contributed by atoms with Crippen LogP contribution >= 0.6 is 11.3 Å². The zero-order valence-corrected chi connectivity index (χ0v) is 33.7. The molecule has 3 aromatic carbocycles. The Balaban J connectivity index is 0.863. The van der Waals surface area contributed by atoms with Crippen LogP contribution < -0.4 is 20.3 Å². The number of anilines is 1. The number of aromatic nitrogens is 3. The highest BCUT2D eigenvalue weighted by Gasteiger charge is 2.28. The summed E-state index contributed by atoms with van der Waals surface area (Å²) < 4.78 is 8.07. The lowest BCUT2D eigenvalue weighted by atomic mass is 10.0. The highest BCUT2D eigenvalue weighted by molar-refractivity contribution is 7.16. The Morgan fingerprint density at radius 1 is 1.02 bits per heavy atom. The van der Waals surface area contributed by atoms with Gasteiger partial charge in [0.25, 0.3) is 11.9 Å². The van der Waals surface area contributed by atoms with Gasteiger partial charge in [-0.15, -0.1) is 11.3 Å². The zero-order valence-electron chi connectivity index (χ0n) is 32.9. The summed E-state index contributed by atoms with van der Waals surface area (Å²) in [5.74, 6) is -0.254. The summed E-state index contributed by atoms with van der Waals surface area (Å²) in [6.07, 6.45) is 6.07. The Kier molecular flexibility index (Phi) is 11.9. The number of rotatable bonds is 14. The lowest BCUT2D eigenvalue weighted by Crippen LogP contribution is -2.51. The lowest BCUT2D eigenvalue weighted by molar-refractivity contribution is -0.133. The Hall–Kier alpha value is -6.45. The molecule has 4 N–H and O–H groups in total. The maximum absolute atomic E-state index is 13.1. The van der Waals surface area contributed by atoms with Crippen molar-refractivity contribution < 1.29 is 29.0 Å². The van der Waals surface area contributed by atoms with Crippen LogP contribution in [0.3, 0.4) is 0 Å². The first-order valence-electron chi connectivity index (χ1n) is 19.0. The van der Waals surface area contributed by atoms with E-state index in [0.717, 1.165) is 31.9 Å². The number of amides is 4. The van der Waals surface area contributed by atoms with Crippen LogP contribution in [0.4, 0.5) is 5.00 Å². The van der Waals surface area contributed by atoms with Gasteiger partial charge in [0.05, 0.1) is 16.0 Å². The van der Waals surface area contributed by atoms with Crippen molar-refractivity contribution >= 4 is 61.9 Å². The molecular formula is C43H46N8O6S. The number of imidazole rings is 1. The Morgan fingerprint density at radius 3 is 2.66 bits per heavy atom. The van der Waals surface area contributed by atoms with E-state index < -0.39 is 0 Å². The molecule has 1 aliphatic rings. The number of carbonyl (C=O) groups is 4. The van der Waals surface area contributed by atoms with Crippen molar-refractivity contribution in [3.63, 3.8) is 0 Å². The number of phenolic OH excluding ortho intramolecular Hbond substituents is 1. The van der Waals surface area contributed by atoms with Gasteiger partial charge in [0, 0.05) is 91.4 Å². The van der Waals surface area contributed by atoms with Crippen molar-refractivity contribution in [1.82, 2.24) is 35.0 Å². The maximum Gasteiger partial charge on any atom is 0.300 e. The van der Waals surface area contributed by atoms with E-state index in [9.17, 15) is 24.3 Å². The first-order chi connectivity index (χ1) is 27.9. The molecule has 0 bridgehead atoms. The Bertz CT molecular complexity index is 2530. The summed E-state index contributed by atoms with van der Waals surface area (Å²) in [6, 6.07) is 20.7. The van der Waals surface area contributed by atoms with Crippen LogP contribution in [0, 0.1) is 6.92 Å². The van der Waals surface area contributed by atoms with Crippen molar-refractivity contribution in [2.75, 3.05) is 58.3 Å². The summed E-state index contributed by atoms with van der Waals surface area (Å²) in [6.45, 7) is 3.85. The highest BCUT2D eigenvalue weighted by Crippen LogP contribution is 2.36. The van der Waals surface area contributed by atoms with E-state index in [0.29, 0.717) is 54.0 Å². The van der Waals surface area contributed by atoms with Gasteiger partial charge in [0.2, 0.25) is 17.7 Å². The number of phenols is 1. The van der Waals surface area contributed by atoms with Crippen molar-refractivity contribution in [3.05, 3.63) is 101 Å². The van der Waals surface area contributed by atoms with E-state index >= 15 is 0 Å². The number of H-pyrrole nitrogens is 1. The standard InChI is InChI=1S/C43H46N8O6S/c1-27-7-9-30(57-43-46-34-24-33(37(52)25-35(34)47-43)28-8-12-36-29(22-28)15-19-49(36)4)23-32(27)42(56)45-17-16-44-38(53)13-10-31-11-14-41(58-31)51-21-20-50(26-40(51)55)39(54)6-5-18-48(2)3/h5-9,11-12,14-15,19,22-25,52H,10,13,16-18,20-21,26H2,1-4H3,(H,44,53)(H,45,56)(H,46,47)/b6-5+. The summed E-state index contributed by atoms with van der Waals surface area (Å²) in [5, 5.41) is 18.5. The number of nitrogens with zero attached hydrogens (tertiary/aromatic N) is 5. The number of benzene rings is 3. The number of aromatic hydroxyl groups is 1. The van der Waals surface area contributed by atoms with E-state index in [1.807, 2.05) is 86.2 Å². The van der Waals surface area contributed by atoms with Crippen molar-refractivity contribution in [3.8, 4) is 28.6 Å². The number of likely N-dealkylation sites (N-methyl/N-ethyl adjacent to an activating group) is 1. The predicted octanol–water partition coefficient (Wildman–Crippen LogP) is 5.36. The SMILES string of the molecule is Cc1ccc(Oc2nc3cc(O)c(-c4ccc5c(ccn5C)c4)cc3[nH]2)cc1C(=O)NCCNC(=O)CCc1ccc(N2CCN(C(=O)/C=C/CN(C)C)CC2=O)s1. The monoisotopic (exact) mass is 802 g/mol. The Morgan fingerprint density at radius 2 is 1.84 bits per heavy atom. The molecule has 0 spiro atoms. The van der Waals surface area contributed by atoms with Gasteiger partial charge < -0.3 is 44.7 Å². The molecule has 58 heavy (non-hydrogen) atoms. The van der Waals surface area contributed by atoms with Gasteiger partial charge in [-0.1, -0.05) is 18.2 Å². The predicted molar refractivity (Wildman–Crippen MR) is 226 cm³/mol. The normalized spacial score (nSPS) is 13.3. The van der Waals surface area contributed by atoms with E-state index in [1.54, 1.807) is 40.1 Å². The molecule has 4 heterocycles. The topological polar surface area (TPSA) is 165 Å². The first-order valence-corrected chi connectivity index (χ1v) is 19.8. The number of hydrogen-bond acceptors (Lipinski definition) is 9. The second kappa shape index (κ2) is 17.4. The summed E-state index contributed by atoms with van der Waals surface area (Å²) in [7, 11) is 5.83. The molecule has 4 amide bonds. The molecule has 0 saturated carbocycles. The molecular weight excluding hydrogens is 757 g/mol. The summed E-state index contributed by atoms with van der Waals surface area (Å²) in [4.78, 5) is 65.0. The molecule has 0 atom stereocenters. The largest absolute Gasteiger partial charge is 0.507 e. The number of thiophene rings is 1. The van der Waals surface area contributed by atoms with E-state index in [4.69, 9.17) is 4.74 Å². The summed E-state index contributed by atoms with van der Waals surface area (Å²) in [5.41, 5.74) is 5.03. The third-order valence-electron chi connectivity index (χ3n) is 9.95. The van der Waals surface area contributed by atoms with Gasteiger partial charge >= 0.3 is 0 Å². The average molecular weight is 803 g/mol. The fraction of sp³-hybridized carbons (Fsp3) is 0.279. The quantitative estimate of drug-likeness (QED) is 0.0845. The highest BCUT2D eigenvalue weighted by atomic mass is 32.1. The van der Waals surface area contributed by atoms with Crippen LogP contribution in [-0.2, 0) is 27.9 Å². The van der Waals surface area contributed by atoms with E-state index in [2.05, 4.69) is 20.6 Å². The van der Waals surface area contributed by atoms with Crippen LogP contribution in [0.2, 0.25) is 0 Å². The summed E-state index contributed by atoms with van der Waals surface area (Å²) >= 11 is 1.46. The van der Waals surface area contributed by atoms with Gasteiger partial charge in [-0.2, -0.15) is 4.98 Å². The second-order valence-electron chi connectivity index (χ2n) is 14.5. The number of hydrogen-bond donors (Lipinski definition) is 4. The van der Waals surface area contributed by atoms with Crippen LogP contribution in [0.1, 0.15) is 27.2 Å². The van der Waals surface area contributed by atoms with Crippen molar-refractivity contribution in [2.24, 2.45) is 7.05 Å². The van der Waals surface area contributed by atoms with Crippen molar-refractivity contribution in [2.45, 2.75) is 19.8 Å². The average Bonchev–Trinajstić information content (AvgIpc) is 3.93. The van der Waals surface area contributed by atoms with Gasteiger partial charge in [-0.05, 0) is 87.1 Å². The first kappa shape index (κ1) is 39.8. The molecule has 15 heteroatoms. The van der Waals surface area contributed by atoms with Crippen LogP contribution in [-0.4, -0.2) is 106 Å². The molecule has 1 saturated heterocycles. The van der Waals surface area contributed by atoms with Crippen LogP contribution in [0.5, 0.6) is 17.5 Å². The molecule has 7 rings (SSSR count). The minimum atomic E-state index is -0.307. The van der Waals surface area contributed by atoms with Gasteiger partial charge in [0.15, 0.2) is 0 Å². The minimum absolute atomic E-state index is 0.0280. The lowest BCUT2D eigenvalue weighted by Gasteiger charge is -2.33. The number of aromatic amines is 1. The molecule has 3 aromatic heterocycles. The molecule has 1 fully saturated rings. The fourth-order valence-corrected chi connectivity index (χ4v) is 7.83. The number of fused-ring (bicyclic) bond motifs is 2. The molecule has 6 aromatic rings. The Labute approximate surface area is 339 Å². The zero-order chi connectivity index (χ0) is 40.9. The van der Waals surface area contributed by atoms with Crippen molar-refractivity contribution in [1.29, 1.82) is 0 Å². The third kappa shape index (κ3) is 9.22. The van der Waals surface area contributed by atoms with Gasteiger partial charge in [0.1, 0.15) is 18.0 Å². The molecule has 300 valence electrons. The van der Waals surface area contributed by atoms with E-state index in [-0.39, 0.29) is 61.4 Å². The smallest absolute Gasteiger partial charge is 0.300 e. The van der Waals surface area contributed by atoms with Crippen LogP contribution in [0.25, 0.3) is 33.1 Å². The number of aryl methyl sites for hydroxylation is 3. The van der Waals surface area contributed by atoms with Gasteiger partial charge in [-0.3, -0.25) is 19.2 Å². The fourth-order valence-electron chi connectivity index (χ4n) is 6.78. The maximum atomic E-state index is 13.1. The number of carbonyl (C=O) groups excluding carboxylic acids is 4. The number of piperazine rings is 1. The van der Waals surface area contributed by atoms with Crippen LogP contribution in [0.15, 0.2) is 85.1 Å². The molecule has 0 aliphatic carbocycles. The minimum Gasteiger partial charge on any atom is -0.507 e. The van der Waals surface area contributed by atoms with Gasteiger partial charge in [-0.25, -0.2) is 0 Å².